The molecule has 3 rings (SSSR count). The highest BCUT2D eigenvalue weighted by Gasteiger charge is 2.58. The van der Waals surface area contributed by atoms with E-state index in [2.05, 4.69) is 61.2 Å². The molecule has 1 aliphatic carbocycles. The molecule has 2 amide bonds. The lowest BCUT2D eigenvalue weighted by atomic mass is 9.55. The van der Waals surface area contributed by atoms with E-state index in [1.165, 1.54) is 0 Å². The highest BCUT2D eigenvalue weighted by molar-refractivity contribution is 6.77. The van der Waals surface area contributed by atoms with Crippen molar-refractivity contribution in [2.24, 2.45) is 17.3 Å². The Bertz CT molecular complexity index is 1030. The molecule has 10 heteroatoms. The van der Waals surface area contributed by atoms with Crippen LogP contribution in [0.5, 0.6) is 0 Å². The van der Waals surface area contributed by atoms with Crippen molar-refractivity contribution in [3.05, 3.63) is 11.6 Å². The number of hydrogen-bond donors (Lipinski definition) is 1. The first-order valence-corrected chi connectivity index (χ1v) is 23.5. The number of hydrogen-bond acceptors (Lipinski definition) is 6. The van der Waals surface area contributed by atoms with Gasteiger partial charge in [-0.25, -0.2) is 9.59 Å². The lowest BCUT2D eigenvalue weighted by molar-refractivity contribution is -0.104. The van der Waals surface area contributed by atoms with E-state index >= 15 is 0 Å². The maximum Gasteiger partial charge on any atom is 0.410 e. The van der Waals surface area contributed by atoms with Crippen LogP contribution in [0.2, 0.25) is 42.3 Å². The average molecular weight is 667 g/mol. The minimum Gasteiger partial charge on any atom is -0.450 e. The Balaban J connectivity index is 1.94. The van der Waals surface area contributed by atoms with Gasteiger partial charge in [-0.2, -0.15) is 0 Å². The van der Waals surface area contributed by atoms with Crippen LogP contribution in [-0.2, 0) is 13.9 Å². The summed E-state index contributed by atoms with van der Waals surface area (Å²) in [6.07, 6.45) is 4.67. The Kier molecular flexibility index (Phi) is 12.5. The molecular formula is C35H66N2O6Si2. The molecule has 4 atom stereocenters. The molecule has 0 aromatic heterocycles. The Labute approximate surface area is 276 Å². The molecule has 260 valence electrons. The van der Waals surface area contributed by atoms with Crippen LogP contribution in [0.3, 0.4) is 0 Å². The summed E-state index contributed by atoms with van der Waals surface area (Å²) in [6, 6.07) is 0.849. The van der Waals surface area contributed by atoms with Crippen molar-refractivity contribution in [3.63, 3.8) is 0 Å². The number of aliphatic hydroxyl groups excluding tert-OH is 1. The van der Waals surface area contributed by atoms with E-state index in [1.54, 1.807) is 0 Å². The van der Waals surface area contributed by atoms with Crippen molar-refractivity contribution in [2.75, 3.05) is 39.5 Å². The number of carbonyl (C=O) groups excluding carboxylic acids is 2. The topological polar surface area (TPSA) is 88.5 Å². The standard InChI is InChI=1S/C35H66N2O6Si2/c1-25(2)45(26(3)4,27(5)6)42-17-13-15-35-23-36(32(39)41-18-19-44(10,11)12)22-29-20-28(14-16-38)31(21-30(29)35)37(24-35)33(40)43-34(7,8)9/h14,25-27,29-31,38H,13,15-24H2,1-12H3/b28-14-/t29-,30-,31+,35-/m1/s1. The van der Waals surface area contributed by atoms with E-state index in [1.807, 2.05) is 36.6 Å². The van der Waals surface area contributed by atoms with Gasteiger partial charge in [0, 0.05) is 39.7 Å². The molecular weight excluding hydrogens is 601 g/mol. The van der Waals surface area contributed by atoms with Crippen LogP contribution in [0, 0.1) is 17.3 Å². The number of ether oxygens (including phenoxy) is 2. The number of likely N-dealkylation sites (tertiary alicyclic amines) is 2. The minimum atomic E-state index is -2.01. The number of aliphatic hydroxyl groups is 1. The van der Waals surface area contributed by atoms with E-state index < -0.39 is 22.0 Å². The molecule has 8 nitrogen and oxygen atoms in total. The summed E-state index contributed by atoms with van der Waals surface area (Å²) in [5, 5.41) is 9.93. The summed E-state index contributed by atoms with van der Waals surface area (Å²) < 4.78 is 18.8. The fourth-order valence-electron chi connectivity index (χ4n) is 8.94. The van der Waals surface area contributed by atoms with Crippen LogP contribution in [0.25, 0.3) is 0 Å². The normalized spacial score (nSPS) is 26.7. The Morgan fingerprint density at radius 1 is 1.00 bits per heavy atom. The number of amides is 2. The third kappa shape index (κ3) is 8.96. The fraction of sp³-hybridized carbons (Fsp3) is 0.886. The smallest absolute Gasteiger partial charge is 0.410 e. The first-order chi connectivity index (χ1) is 20.8. The highest BCUT2D eigenvalue weighted by Crippen LogP contribution is 2.55. The Hall–Kier alpha value is -1.37. The number of rotatable bonds is 12. The summed E-state index contributed by atoms with van der Waals surface area (Å²) in [6.45, 7) is 29.3. The molecule has 0 unspecified atom stereocenters. The summed E-state index contributed by atoms with van der Waals surface area (Å²) in [5.74, 6) is 0.625. The maximum atomic E-state index is 13.8. The van der Waals surface area contributed by atoms with E-state index in [0.717, 1.165) is 37.3 Å². The van der Waals surface area contributed by atoms with Crippen LogP contribution in [-0.4, -0.2) is 94.6 Å². The van der Waals surface area contributed by atoms with E-state index in [0.29, 0.717) is 55.4 Å². The molecule has 2 bridgehead atoms. The predicted octanol–water partition coefficient (Wildman–Crippen LogP) is 8.30. The second kappa shape index (κ2) is 14.8. The lowest BCUT2D eigenvalue weighted by Crippen LogP contribution is -2.67. The zero-order valence-corrected chi connectivity index (χ0v) is 32.7. The van der Waals surface area contributed by atoms with Gasteiger partial charge in [-0.1, -0.05) is 67.3 Å². The number of piperidine rings is 2. The van der Waals surface area contributed by atoms with Crippen LogP contribution >= 0.6 is 0 Å². The fourth-order valence-corrected chi connectivity index (χ4v) is 15.1. The monoisotopic (exact) mass is 666 g/mol. The Morgan fingerprint density at radius 2 is 1.62 bits per heavy atom. The molecule has 0 spiro atoms. The van der Waals surface area contributed by atoms with Gasteiger partial charge in [0.25, 0.3) is 0 Å². The van der Waals surface area contributed by atoms with Gasteiger partial charge in [0.05, 0.1) is 19.3 Å². The summed E-state index contributed by atoms with van der Waals surface area (Å²) >= 11 is 0. The van der Waals surface area contributed by atoms with Gasteiger partial charge >= 0.3 is 12.2 Å². The van der Waals surface area contributed by atoms with Crippen molar-refractivity contribution in [3.8, 4) is 0 Å². The molecule has 2 aliphatic heterocycles. The van der Waals surface area contributed by atoms with E-state index in [9.17, 15) is 14.7 Å². The first-order valence-electron chi connectivity index (χ1n) is 17.6. The molecule has 3 fully saturated rings. The quantitative estimate of drug-likeness (QED) is 0.128. The molecule has 1 saturated carbocycles. The second-order valence-electron chi connectivity index (χ2n) is 17.3. The van der Waals surface area contributed by atoms with Crippen molar-refractivity contribution >= 4 is 28.6 Å². The van der Waals surface area contributed by atoms with Crippen molar-refractivity contribution < 1.29 is 28.6 Å². The van der Waals surface area contributed by atoms with Crippen molar-refractivity contribution in [1.82, 2.24) is 9.80 Å². The molecule has 1 N–H and O–H groups in total. The largest absolute Gasteiger partial charge is 0.450 e. The zero-order valence-electron chi connectivity index (χ0n) is 30.7. The molecule has 0 radical (unpaired) electrons. The molecule has 3 aliphatic rings. The van der Waals surface area contributed by atoms with Crippen molar-refractivity contribution in [1.29, 1.82) is 0 Å². The van der Waals surface area contributed by atoms with Crippen LogP contribution in [0.1, 0.15) is 88.0 Å². The summed E-state index contributed by atoms with van der Waals surface area (Å²) in [7, 11) is -3.36. The molecule has 0 aromatic rings. The van der Waals surface area contributed by atoms with Crippen LogP contribution < -0.4 is 0 Å². The van der Waals surface area contributed by atoms with Crippen molar-refractivity contribution in [2.45, 2.75) is 142 Å². The van der Waals surface area contributed by atoms with Gasteiger partial charge in [0.2, 0.25) is 0 Å². The number of carbonyl (C=O) groups is 2. The van der Waals surface area contributed by atoms with Gasteiger partial charge in [-0.15, -0.1) is 0 Å². The number of fused-ring (bicyclic) bond motifs is 1. The van der Waals surface area contributed by atoms with Gasteiger partial charge in [0.15, 0.2) is 8.32 Å². The predicted molar refractivity (Wildman–Crippen MR) is 188 cm³/mol. The van der Waals surface area contributed by atoms with E-state index in [-0.39, 0.29) is 36.2 Å². The van der Waals surface area contributed by atoms with Gasteiger partial charge in [-0.05, 0) is 86.5 Å². The third-order valence-corrected chi connectivity index (χ3v) is 18.6. The zero-order chi connectivity index (χ0) is 34.0. The maximum absolute atomic E-state index is 13.8. The van der Waals surface area contributed by atoms with Gasteiger partial charge in [0.1, 0.15) is 5.60 Å². The average Bonchev–Trinajstić information content (AvgIpc) is 2.90. The second-order valence-corrected chi connectivity index (χ2v) is 28.4. The molecule has 2 saturated heterocycles. The molecule has 2 heterocycles. The van der Waals surface area contributed by atoms with E-state index in [4.69, 9.17) is 13.9 Å². The van der Waals surface area contributed by atoms with Crippen LogP contribution in [0.4, 0.5) is 9.59 Å². The summed E-state index contributed by atoms with van der Waals surface area (Å²) in [5.41, 5.74) is 1.74. The van der Waals surface area contributed by atoms with Crippen LogP contribution in [0.15, 0.2) is 11.6 Å². The van der Waals surface area contributed by atoms with Gasteiger partial charge < -0.3 is 28.8 Å². The highest BCUT2D eigenvalue weighted by atomic mass is 28.4. The first kappa shape index (κ1) is 38.1. The number of nitrogens with zero attached hydrogens (tertiary/aromatic N) is 2. The third-order valence-electron chi connectivity index (χ3n) is 10.8. The minimum absolute atomic E-state index is 0.0660. The van der Waals surface area contributed by atoms with Gasteiger partial charge in [-0.3, -0.25) is 0 Å². The SMILES string of the molecule is CC(C)[Si](OCCC[C@]12CN(C(=O)OCC[Si](C)(C)C)C[C@H]3C/C(=C/CO)[C@H](C[C@H]31)N(C(=O)OC(C)(C)C)C2)(C(C)C)C(C)C. The molecule has 45 heavy (non-hydrogen) atoms. The summed E-state index contributed by atoms with van der Waals surface area (Å²) in [4.78, 5) is 31.2. The Morgan fingerprint density at radius 3 is 2.16 bits per heavy atom. The molecule has 0 aromatic carbocycles. The lowest BCUT2D eigenvalue weighted by Gasteiger charge is -2.61.